The SMILES string of the molecule is CC1CCCC(N2CCN(CC(N)=S)CC2)C1. The first-order valence-corrected chi connectivity index (χ1v) is 7.30. The number of nitrogens with zero attached hydrogens (tertiary/aromatic N) is 2. The van der Waals surface area contributed by atoms with E-state index in [4.69, 9.17) is 18.0 Å². The molecule has 0 aromatic heterocycles. The molecule has 2 aliphatic rings. The van der Waals surface area contributed by atoms with Crippen LogP contribution in [-0.2, 0) is 0 Å². The lowest BCUT2D eigenvalue weighted by Gasteiger charge is -2.41. The van der Waals surface area contributed by atoms with E-state index in [0.29, 0.717) is 4.99 Å². The lowest BCUT2D eigenvalue weighted by atomic mass is 9.86. The first-order chi connectivity index (χ1) is 8.15. The van der Waals surface area contributed by atoms with E-state index in [-0.39, 0.29) is 0 Å². The molecule has 4 heteroatoms. The van der Waals surface area contributed by atoms with Gasteiger partial charge < -0.3 is 5.73 Å². The molecule has 0 aromatic carbocycles. The fraction of sp³-hybridized carbons (Fsp3) is 0.923. The van der Waals surface area contributed by atoms with Gasteiger partial charge in [0, 0.05) is 38.8 Å². The van der Waals surface area contributed by atoms with E-state index >= 15 is 0 Å². The molecule has 2 N–H and O–H groups in total. The van der Waals surface area contributed by atoms with Gasteiger partial charge in [0.1, 0.15) is 0 Å². The van der Waals surface area contributed by atoms with Gasteiger partial charge in [-0.25, -0.2) is 0 Å². The van der Waals surface area contributed by atoms with Gasteiger partial charge in [0.25, 0.3) is 0 Å². The zero-order chi connectivity index (χ0) is 12.3. The van der Waals surface area contributed by atoms with Gasteiger partial charge in [0.2, 0.25) is 0 Å². The molecule has 0 spiro atoms. The highest BCUT2D eigenvalue weighted by Crippen LogP contribution is 2.27. The van der Waals surface area contributed by atoms with Crippen molar-refractivity contribution in [2.45, 2.75) is 38.6 Å². The van der Waals surface area contributed by atoms with Crippen molar-refractivity contribution in [2.75, 3.05) is 32.7 Å². The van der Waals surface area contributed by atoms with Gasteiger partial charge in [-0.3, -0.25) is 9.80 Å². The van der Waals surface area contributed by atoms with Crippen LogP contribution in [0.15, 0.2) is 0 Å². The summed E-state index contributed by atoms with van der Waals surface area (Å²) in [5, 5.41) is 0. The number of rotatable bonds is 3. The minimum Gasteiger partial charge on any atom is -0.392 e. The third-order valence-electron chi connectivity index (χ3n) is 4.21. The molecule has 2 unspecified atom stereocenters. The lowest BCUT2D eigenvalue weighted by molar-refractivity contribution is 0.0756. The second-order valence-corrected chi connectivity index (χ2v) is 6.23. The Labute approximate surface area is 110 Å². The molecule has 1 saturated carbocycles. The summed E-state index contributed by atoms with van der Waals surface area (Å²) in [7, 11) is 0. The van der Waals surface area contributed by atoms with Crippen molar-refractivity contribution in [1.82, 2.24) is 9.80 Å². The smallest absolute Gasteiger partial charge is 0.0870 e. The third kappa shape index (κ3) is 3.90. The van der Waals surface area contributed by atoms with Crippen molar-refractivity contribution < 1.29 is 0 Å². The minimum absolute atomic E-state index is 0.629. The summed E-state index contributed by atoms with van der Waals surface area (Å²) in [5.41, 5.74) is 5.60. The van der Waals surface area contributed by atoms with Crippen LogP contribution in [0.4, 0.5) is 0 Å². The number of hydrogen-bond acceptors (Lipinski definition) is 3. The Balaban J connectivity index is 1.76. The largest absolute Gasteiger partial charge is 0.392 e. The Morgan fingerprint density at radius 2 is 1.94 bits per heavy atom. The molecule has 2 rings (SSSR count). The highest BCUT2D eigenvalue weighted by Gasteiger charge is 2.27. The Morgan fingerprint density at radius 1 is 1.24 bits per heavy atom. The number of hydrogen-bond donors (Lipinski definition) is 1. The highest BCUT2D eigenvalue weighted by atomic mass is 32.1. The van der Waals surface area contributed by atoms with Crippen molar-refractivity contribution >= 4 is 17.2 Å². The van der Waals surface area contributed by atoms with Crippen LogP contribution in [-0.4, -0.2) is 53.6 Å². The molecule has 2 fully saturated rings. The molecule has 3 nitrogen and oxygen atoms in total. The third-order valence-corrected chi connectivity index (χ3v) is 4.34. The van der Waals surface area contributed by atoms with Gasteiger partial charge in [-0.2, -0.15) is 0 Å². The standard InChI is InChI=1S/C13H25N3S/c1-11-3-2-4-12(9-11)16-7-5-15(6-8-16)10-13(14)17/h11-12H,2-10H2,1H3,(H2,14,17). The number of piperazine rings is 1. The molecule has 0 amide bonds. The summed E-state index contributed by atoms with van der Waals surface area (Å²) >= 11 is 4.97. The van der Waals surface area contributed by atoms with E-state index in [0.717, 1.165) is 31.6 Å². The Kier molecular flexibility index (Phi) is 4.77. The average Bonchev–Trinajstić information content (AvgIpc) is 2.29. The van der Waals surface area contributed by atoms with E-state index in [1.54, 1.807) is 0 Å². The lowest BCUT2D eigenvalue weighted by Crippen LogP contribution is -2.52. The van der Waals surface area contributed by atoms with Gasteiger partial charge in [-0.1, -0.05) is 32.0 Å². The maximum absolute atomic E-state index is 5.60. The molecule has 1 aliphatic carbocycles. The molecule has 17 heavy (non-hydrogen) atoms. The van der Waals surface area contributed by atoms with E-state index < -0.39 is 0 Å². The van der Waals surface area contributed by atoms with Crippen LogP contribution in [0.5, 0.6) is 0 Å². The van der Waals surface area contributed by atoms with E-state index in [9.17, 15) is 0 Å². The summed E-state index contributed by atoms with van der Waals surface area (Å²) in [6.07, 6.45) is 5.64. The zero-order valence-corrected chi connectivity index (χ0v) is 11.7. The van der Waals surface area contributed by atoms with Crippen molar-refractivity contribution in [2.24, 2.45) is 11.7 Å². The average molecular weight is 255 g/mol. The van der Waals surface area contributed by atoms with Crippen LogP contribution >= 0.6 is 12.2 Å². The summed E-state index contributed by atoms with van der Waals surface area (Å²) in [5.74, 6) is 0.920. The summed E-state index contributed by atoms with van der Waals surface area (Å²) in [6, 6.07) is 0.839. The summed E-state index contributed by atoms with van der Waals surface area (Å²) < 4.78 is 0. The van der Waals surface area contributed by atoms with Crippen molar-refractivity contribution in [3.05, 3.63) is 0 Å². The molecule has 0 radical (unpaired) electrons. The van der Waals surface area contributed by atoms with E-state index in [1.165, 1.54) is 38.8 Å². The topological polar surface area (TPSA) is 32.5 Å². The first-order valence-electron chi connectivity index (χ1n) is 6.90. The van der Waals surface area contributed by atoms with Crippen LogP contribution in [0.3, 0.4) is 0 Å². The summed E-state index contributed by atoms with van der Waals surface area (Å²) in [6.45, 7) is 7.84. The molecule has 1 saturated heterocycles. The minimum atomic E-state index is 0.629. The van der Waals surface area contributed by atoms with E-state index in [1.807, 2.05) is 0 Å². The van der Waals surface area contributed by atoms with Gasteiger partial charge in [0.05, 0.1) is 4.99 Å². The van der Waals surface area contributed by atoms with Gasteiger partial charge in [0.15, 0.2) is 0 Å². The zero-order valence-electron chi connectivity index (χ0n) is 10.9. The van der Waals surface area contributed by atoms with Crippen LogP contribution in [0.2, 0.25) is 0 Å². The van der Waals surface area contributed by atoms with Crippen LogP contribution in [0.25, 0.3) is 0 Å². The van der Waals surface area contributed by atoms with Crippen LogP contribution < -0.4 is 5.73 Å². The highest BCUT2D eigenvalue weighted by molar-refractivity contribution is 7.80. The van der Waals surface area contributed by atoms with Crippen molar-refractivity contribution in [3.63, 3.8) is 0 Å². The van der Waals surface area contributed by atoms with Gasteiger partial charge in [-0.15, -0.1) is 0 Å². The number of thiocarbonyl (C=S) groups is 1. The quantitative estimate of drug-likeness (QED) is 0.774. The normalized spacial score (nSPS) is 32.5. The molecule has 98 valence electrons. The molecule has 0 bridgehead atoms. The molecular formula is C13H25N3S. The maximum Gasteiger partial charge on any atom is 0.0870 e. The number of nitrogens with two attached hydrogens (primary N) is 1. The van der Waals surface area contributed by atoms with Crippen LogP contribution in [0.1, 0.15) is 32.6 Å². The molecular weight excluding hydrogens is 230 g/mol. The van der Waals surface area contributed by atoms with Crippen LogP contribution in [0, 0.1) is 5.92 Å². The Morgan fingerprint density at radius 3 is 2.53 bits per heavy atom. The predicted molar refractivity (Wildman–Crippen MR) is 76.2 cm³/mol. The monoisotopic (exact) mass is 255 g/mol. The molecule has 1 aliphatic heterocycles. The fourth-order valence-corrected chi connectivity index (χ4v) is 3.42. The molecule has 2 atom stereocenters. The first kappa shape index (κ1) is 13.2. The van der Waals surface area contributed by atoms with Gasteiger partial charge in [-0.05, 0) is 18.8 Å². The molecule has 0 aromatic rings. The molecule has 1 heterocycles. The van der Waals surface area contributed by atoms with Crippen molar-refractivity contribution in [3.8, 4) is 0 Å². The van der Waals surface area contributed by atoms with Gasteiger partial charge >= 0.3 is 0 Å². The Hall–Kier alpha value is -0.190. The second-order valence-electron chi connectivity index (χ2n) is 5.70. The second kappa shape index (κ2) is 6.12. The summed E-state index contributed by atoms with van der Waals surface area (Å²) in [4.78, 5) is 5.70. The Bertz CT molecular complexity index is 261. The fourth-order valence-electron chi connectivity index (χ4n) is 3.24. The van der Waals surface area contributed by atoms with E-state index in [2.05, 4.69) is 16.7 Å². The predicted octanol–water partition coefficient (Wildman–Crippen LogP) is 1.47. The maximum atomic E-state index is 5.60. The van der Waals surface area contributed by atoms with Crippen molar-refractivity contribution in [1.29, 1.82) is 0 Å².